The lowest BCUT2D eigenvalue weighted by molar-refractivity contribution is -0.619. The lowest BCUT2D eigenvalue weighted by atomic mass is 9.91. The van der Waals surface area contributed by atoms with Crippen molar-refractivity contribution >= 4 is 17.4 Å². The summed E-state index contributed by atoms with van der Waals surface area (Å²) in [5.74, 6) is 1.18. The number of piperidine rings is 1. The molecule has 2 atom stereocenters. The molecule has 1 fully saturated rings. The summed E-state index contributed by atoms with van der Waals surface area (Å²) < 4.78 is 20.7. The fraction of sp³-hybridized carbons (Fsp3) is 0.259. The molecule has 4 rings (SSSR count). The number of ether oxygens (including phenoxy) is 1. The molecule has 35 heavy (non-hydrogen) atoms. The number of carbonyl (C=O) groups excluding carboxylic acids is 1. The van der Waals surface area contributed by atoms with Gasteiger partial charge in [0.05, 0.1) is 11.8 Å². The summed E-state index contributed by atoms with van der Waals surface area (Å²) in [4.78, 5) is 22.3. The molecule has 2 aromatic carbocycles. The van der Waals surface area contributed by atoms with Crippen LogP contribution < -0.4 is 10.1 Å². The van der Waals surface area contributed by atoms with E-state index in [1.807, 2.05) is 28.4 Å². The number of carbonyl (C=O) groups is 1. The molecule has 1 aliphatic rings. The van der Waals surface area contributed by atoms with E-state index < -0.39 is 5.82 Å². The summed E-state index contributed by atoms with van der Waals surface area (Å²) in [5.41, 5.74) is 0.590. The van der Waals surface area contributed by atoms with Crippen molar-refractivity contribution in [1.82, 2.24) is 14.9 Å². The Bertz CT molecular complexity index is 1220. The van der Waals surface area contributed by atoms with Crippen molar-refractivity contribution in [3.05, 3.63) is 90.7 Å². The normalized spacial score (nSPS) is 16.4. The molecule has 1 amide bonds. The van der Waals surface area contributed by atoms with Crippen LogP contribution in [0.3, 0.4) is 0 Å². The second-order valence-corrected chi connectivity index (χ2v) is 8.67. The molecule has 1 saturated heterocycles. The van der Waals surface area contributed by atoms with E-state index in [-0.39, 0.29) is 29.1 Å². The van der Waals surface area contributed by atoms with E-state index in [9.17, 15) is 4.79 Å². The first-order valence-corrected chi connectivity index (χ1v) is 11.6. The van der Waals surface area contributed by atoms with Crippen molar-refractivity contribution in [2.24, 2.45) is 5.92 Å². The van der Waals surface area contributed by atoms with Gasteiger partial charge in [-0.15, -0.1) is 0 Å². The van der Waals surface area contributed by atoms with Crippen LogP contribution in [0, 0.1) is 17.1 Å². The predicted octanol–water partition coefficient (Wildman–Crippen LogP) is 3.83. The largest absolute Gasteiger partial charge is 0.457 e. The van der Waals surface area contributed by atoms with Crippen molar-refractivity contribution in [2.45, 2.75) is 25.8 Å². The molecule has 7 nitrogen and oxygen atoms in total. The van der Waals surface area contributed by atoms with Crippen molar-refractivity contribution < 1.29 is 19.2 Å². The topological polar surface area (TPSA) is 95.8 Å². The number of halogens is 1. The molecule has 0 saturated carbocycles. The second-order valence-electron chi connectivity index (χ2n) is 8.67. The monoisotopic (exact) mass is 474 g/mol. The lowest BCUT2D eigenvalue weighted by Crippen LogP contribution is -2.86. The molecule has 1 aromatic heterocycles. The van der Waals surface area contributed by atoms with Gasteiger partial charge < -0.3 is 9.64 Å². The number of aromatic nitrogens is 2. The Morgan fingerprint density at radius 3 is 2.80 bits per heavy atom. The van der Waals surface area contributed by atoms with Gasteiger partial charge in [-0.2, -0.15) is 4.98 Å². The van der Waals surface area contributed by atoms with Gasteiger partial charge in [-0.25, -0.2) is 9.37 Å². The van der Waals surface area contributed by atoms with Crippen LogP contribution in [0.5, 0.6) is 11.5 Å². The van der Waals surface area contributed by atoms with Crippen molar-refractivity contribution in [2.75, 3.05) is 13.1 Å². The second kappa shape index (κ2) is 11.0. The van der Waals surface area contributed by atoms with Gasteiger partial charge in [-0.05, 0) is 50.1 Å². The summed E-state index contributed by atoms with van der Waals surface area (Å²) >= 11 is 0. The number of likely N-dealkylation sites (tertiary alicyclic amines) is 1. The Balaban J connectivity index is 1.50. The van der Waals surface area contributed by atoms with Gasteiger partial charge in [0.15, 0.2) is 0 Å². The third-order valence-electron chi connectivity index (χ3n) is 6.31. The van der Waals surface area contributed by atoms with Crippen molar-refractivity contribution in [1.29, 1.82) is 5.41 Å². The molecular weight excluding hydrogens is 445 g/mol. The average molecular weight is 475 g/mol. The molecule has 0 radical (unpaired) electrons. The van der Waals surface area contributed by atoms with E-state index in [0.29, 0.717) is 29.4 Å². The smallest absolute Gasteiger partial charge is 0.245 e. The Morgan fingerprint density at radius 2 is 2.06 bits per heavy atom. The van der Waals surface area contributed by atoms with E-state index in [1.54, 1.807) is 18.2 Å². The van der Waals surface area contributed by atoms with Crippen LogP contribution in [-0.2, 0) is 4.79 Å². The van der Waals surface area contributed by atoms with Crippen LogP contribution in [0.15, 0.2) is 73.7 Å². The van der Waals surface area contributed by atoms with Crippen LogP contribution >= 0.6 is 0 Å². The summed E-state index contributed by atoms with van der Waals surface area (Å²) in [6.45, 7) is 7.06. The standard InChI is InChI=1S/C27H28FN5O2/c1-3-25(34)33-13-7-8-19(16-33)18(2)32-27-23(15-30-17-31-27)26(29)22-12-11-21(14-24(22)28)35-20-9-5-4-6-10-20/h3-6,9-12,14-15,17-19,29H,1,7-8,13,16H2,2H3,(H,30,31,32)/p+1/t18-,19?/m0/s1. The molecule has 180 valence electrons. The van der Waals surface area contributed by atoms with E-state index >= 15 is 4.39 Å². The highest BCUT2D eigenvalue weighted by atomic mass is 19.1. The Morgan fingerprint density at radius 1 is 1.26 bits per heavy atom. The van der Waals surface area contributed by atoms with E-state index in [2.05, 4.69) is 23.5 Å². The van der Waals surface area contributed by atoms with Crippen LogP contribution in [0.4, 0.5) is 10.2 Å². The predicted molar refractivity (Wildman–Crippen MR) is 131 cm³/mol. The summed E-state index contributed by atoms with van der Waals surface area (Å²) in [5, 5.41) is 10.7. The van der Waals surface area contributed by atoms with Gasteiger partial charge in [0, 0.05) is 36.8 Å². The Labute approximate surface area is 204 Å². The number of amides is 1. The van der Waals surface area contributed by atoms with Gasteiger partial charge in [0.1, 0.15) is 29.2 Å². The Hall–Kier alpha value is -3.91. The minimum absolute atomic E-state index is 0.0000769. The minimum atomic E-state index is -0.558. The first-order valence-electron chi connectivity index (χ1n) is 11.6. The number of nitrogens with two attached hydrogens (primary N) is 1. The zero-order valence-corrected chi connectivity index (χ0v) is 19.7. The fourth-order valence-corrected chi connectivity index (χ4v) is 4.35. The molecule has 0 aliphatic carbocycles. The highest BCUT2D eigenvalue weighted by Crippen LogP contribution is 2.25. The summed E-state index contributed by atoms with van der Waals surface area (Å²) in [6, 6.07) is 13.7. The number of hydrogen-bond acceptors (Lipinski definition) is 5. The maximum Gasteiger partial charge on any atom is 0.245 e. The number of rotatable bonds is 8. The summed E-state index contributed by atoms with van der Waals surface area (Å²) in [7, 11) is 0. The van der Waals surface area contributed by atoms with Crippen molar-refractivity contribution in [3.63, 3.8) is 0 Å². The number of quaternary nitrogens is 1. The fourth-order valence-electron chi connectivity index (χ4n) is 4.35. The van der Waals surface area contributed by atoms with E-state index in [1.165, 1.54) is 30.7 Å². The van der Waals surface area contributed by atoms with E-state index in [4.69, 9.17) is 10.1 Å². The highest BCUT2D eigenvalue weighted by molar-refractivity contribution is 6.12. The number of hydrogen-bond donors (Lipinski definition) is 2. The molecule has 3 N–H and O–H groups in total. The Kier molecular flexibility index (Phi) is 7.62. The first kappa shape index (κ1) is 24.2. The number of nitrogens with zero attached hydrogens (tertiary/aromatic N) is 3. The molecule has 0 spiro atoms. The van der Waals surface area contributed by atoms with Crippen LogP contribution in [0.2, 0.25) is 0 Å². The molecule has 3 aromatic rings. The van der Waals surface area contributed by atoms with Crippen LogP contribution in [0.1, 0.15) is 30.9 Å². The van der Waals surface area contributed by atoms with Crippen LogP contribution in [-0.4, -0.2) is 45.6 Å². The lowest BCUT2D eigenvalue weighted by Gasteiger charge is -2.34. The van der Waals surface area contributed by atoms with E-state index in [0.717, 1.165) is 19.4 Å². The van der Waals surface area contributed by atoms with Gasteiger partial charge in [0.2, 0.25) is 11.7 Å². The highest BCUT2D eigenvalue weighted by Gasteiger charge is 2.30. The third-order valence-corrected chi connectivity index (χ3v) is 6.31. The maximum atomic E-state index is 15.0. The number of benzene rings is 2. The van der Waals surface area contributed by atoms with Crippen LogP contribution in [0.25, 0.3) is 0 Å². The zero-order chi connectivity index (χ0) is 24.8. The van der Waals surface area contributed by atoms with Gasteiger partial charge in [0.25, 0.3) is 0 Å². The molecule has 0 bridgehead atoms. The average Bonchev–Trinajstić information content (AvgIpc) is 2.89. The third kappa shape index (κ3) is 5.78. The first-order chi connectivity index (χ1) is 17.0. The SMILES string of the molecule is C=CC(=O)N1CCCC([C@H](C)[NH2+]c2ncncc2C(=N)c2ccc(Oc3ccccc3)cc2F)C1. The number of nitrogens with one attached hydrogen (secondary N) is 1. The molecule has 2 heterocycles. The molecule has 1 aliphatic heterocycles. The molecule has 8 heteroatoms. The van der Waals surface area contributed by atoms with Gasteiger partial charge in [-0.1, -0.05) is 24.8 Å². The minimum Gasteiger partial charge on any atom is -0.457 e. The zero-order valence-electron chi connectivity index (χ0n) is 19.7. The quantitative estimate of drug-likeness (QED) is 0.383. The number of para-hydroxylation sites is 1. The maximum absolute atomic E-state index is 15.0. The van der Waals surface area contributed by atoms with Gasteiger partial charge in [-0.3, -0.25) is 15.5 Å². The van der Waals surface area contributed by atoms with Gasteiger partial charge >= 0.3 is 0 Å². The van der Waals surface area contributed by atoms with Crippen molar-refractivity contribution in [3.8, 4) is 11.5 Å². The molecular formula is C27H29FN5O2+. The summed E-state index contributed by atoms with van der Waals surface area (Å²) in [6.07, 6.45) is 6.24. The molecule has 1 unspecified atom stereocenters.